The van der Waals surface area contributed by atoms with Crippen molar-refractivity contribution >= 4 is 34.4 Å². The van der Waals surface area contributed by atoms with Crippen LogP contribution in [0.1, 0.15) is 16.1 Å². The maximum Gasteiger partial charge on any atom is 0.335 e. The number of fused-ring (bicyclic) bond motifs is 1. The van der Waals surface area contributed by atoms with Gasteiger partial charge in [-0.3, -0.25) is 4.79 Å². The lowest BCUT2D eigenvalue weighted by Crippen LogP contribution is -2.13. The number of rotatable bonds is 5. The maximum absolute atomic E-state index is 12.6. The largest absolute Gasteiger partial charge is 0.478 e. The van der Waals surface area contributed by atoms with Gasteiger partial charge in [-0.2, -0.15) is 5.26 Å². The minimum absolute atomic E-state index is 0.102. The Hall–Kier alpha value is -4.63. The van der Waals surface area contributed by atoms with Crippen LogP contribution in [0.4, 0.5) is 5.69 Å². The first-order valence-electron chi connectivity index (χ1n) is 9.39. The summed E-state index contributed by atoms with van der Waals surface area (Å²) in [6, 6.07) is 24.8. The van der Waals surface area contributed by atoms with E-state index in [0.717, 1.165) is 10.8 Å². The van der Waals surface area contributed by atoms with E-state index in [1.54, 1.807) is 30.3 Å². The molecule has 0 radical (unpaired) electrons. The van der Waals surface area contributed by atoms with Crippen molar-refractivity contribution in [3.05, 3.63) is 95.8 Å². The second kappa shape index (κ2) is 8.39. The van der Waals surface area contributed by atoms with Crippen LogP contribution >= 0.6 is 0 Å². The Morgan fingerprint density at radius 1 is 0.935 bits per heavy atom. The maximum atomic E-state index is 12.6. The van der Waals surface area contributed by atoms with Crippen LogP contribution in [0, 0.1) is 11.3 Å². The summed E-state index contributed by atoms with van der Waals surface area (Å²) in [4.78, 5) is 23.5. The van der Waals surface area contributed by atoms with Gasteiger partial charge in [-0.05, 0) is 47.2 Å². The van der Waals surface area contributed by atoms with Gasteiger partial charge in [0.1, 0.15) is 23.2 Å². The van der Waals surface area contributed by atoms with Gasteiger partial charge in [-0.15, -0.1) is 0 Å². The molecule has 0 spiro atoms. The molecule has 6 heteroatoms. The summed E-state index contributed by atoms with van der Waals surface area (Å²) in [6.45, 7) is 0. The van der Waals surface area contributed by atoms with Crippen molar-refractivity contribution in [3.8, 4) is 17.4 Å². The first-order valence-corrected chi connectivity index (χ1v) is 9.39. The van der Waals surface area contributed by atoms with Crippen molar-refractivity contribution in [2.24, 2.45) is 0 Å². The van der Waals surface area contributed by atoms with Crippen LogP contribution in [0.5, 0.6) is 0 Å². The number of benzene rings is 3. The fraction of sp³-hybridized carbons (Fsp3) is 0. The van der Waals surface area contributed by atoms with E-state index in [9.17, 15) is 14.9 Å². The number of anilines is 1. The van der Waals surface area contributed by atoms with Crippen molar-refractivity contribution in [3.63, 3.8) is 0 Å². The fourth-order valence-electron chi connectivity index (χ4n) is 3.12. The minimum Gasteiger partial charge on any atom is -0.478 e. The predicted octanol–water partition coefficient (Wildman–Crippen LogP) is 5.34. The van der Waals surface area contributed by atoms with E-state index in [1.807, 2.05) is 42.5 Å². The normalized spacial score (nSPS) is 11.1. The van der Waals surface area contributed by atoms with Crippen molar-refractivity contribution in [1.29, 1.82) is 5.26 Å². The van der Waals surface area contributed by atoms with Crippen LogP contribution in [-0.4, -0.2) is 17.0 Å². The fourth-order valence-corrected chi connectivity index (χ4v) is 3.12. The van der Waals surface area contributed by atoms with Crippen LogP contribution in [0.2, 0.25) is 0 Å². The molecule has 0 fully saturated rings. The molecule has 150 valence electrons. The smallest absolute Gasteiger partial charge is 0.335 e. The van der Waals surface area contributed by atoms with Gasteiger partial charge in [0.25, 0.3) is 5.91 Å². The number of carboxylic acids is 1. The van der Waals surface area contributed by atoms with E-state index < -0.39 is 11.9 Å². The first-order chi connectivity index (χ1) is 15.0. The van der Waals surface area contributed by atoms with Gasteiger partial charge in [0.05, 0.1) is 5.56 Å². The Morgan fingerprint density at radius 2 is 1.68 bits per heavy atom. The highest BCUT2D eigenvalue weighted by molar-refractivity contribution is 6.10. The molecule has 0 aliphatic rings. The van der Waals surface area contributed by atoms with E-state index in [1.165, 1.54) is 18.2 Å². The lowest BCUT2D eigenvalue weighted by molar-refractivity contribution is -0.112. The highest BCUT2D eigenvalue weighted by atomic mass is 16.4. The van der Waals surface area contributed by atoms with Gasteiger partial charge >= 0.3 is 5.97 Å². The Kier molecular flexibility index (Phi) is 5.33. The highest BCUT2D eigenvalue weighted by Gasteiger charge is 2.12. The first kappa shape index (κ1) is 19.7. The lowest BCUT2D eigenvalue weighted by Gasteiger charge is -2.05. The highest BCUT2D eigenvalue weighted by Crippen LogP contribution is 2.24. The third kappa shape index (κ3) is 4.36. The molecular formula is C25H16N2O4. The molecule has 4 aromatic rings. The molecule has 31 heavy (non-hydrogen) atoms. The number of aromatic carboxylic acids is 1. The SMILES string of the molecule is N#CC(=Cc1ccc(-c2ccc(C(=O)O)cc2)o1)C(=O)Nc1ccc2ccccc2c1. The number of nitrogens with one attached hydrogen (secondary N) is 1. The summed E-state index contributed by atoms with van der Waals surface area (Å²) in [6.07, 6.45) is 1.37. The molecule has 0 aliphatic carbocycles. The number of hydrogen-bond donors (Lipinski definition) is 2. The number of amides is 1. The molecule has 0 aliphatic heterocycles. The molecule has 4 rings (SSSR count). The Balaban J connectivity index is 1.53. The minimum atomic E-state index is -1.01. The molecule has 1 heterocycles. The Bertz CT molecular complexity index is 1360. The molecular weight excluding hydrogens is 392 g/mol. The summed E-state index contributed by atoms with van der Waals surface area (Å²) in [5.74, 6) is -0.717. The van der Waals surface area contributed by atoms with Crippen molar-refractivity contribution < 1.29 is 19.1 Å². The van der Waals surface area contributed by atoms with Gasteiger partial charge in [0.15, 0.2) is 0 Å². The summed E-state index contributed by atoms with van der Waals surface area (Å²) in [7, 11) is 0. The standard InChI is InChI=1S/C25H16N2O4/c26-15-20(24(28)27-21-10-9-16-3-1-2-4-19(16)13-21)14-22-11-12-23(31-22)17-5-7-18(8-6-17)25(29)30/h1-14H,(H,27,28)(H,29,30). The topological polar surface area (TPSA) is 103 Å². The van der Waals surface area contributed by atoms with Crippen LogP contribution in [-0.2, 0) is 4.79 Å². The predicted molar refractivity (Wildman–Crippen MR) is 117 cm³/mol. The number of nitriles is 1. The molecule has 3 aromatic carbocycles. The van der Waals surface area contributed by atoms with Crippen molar-refractivity contribution in [2.45, 2.75) is 0 Å². The third-order valence-corrected chi connectivity index (χ3v) is 4.70. The summed E-state index contributed by atoms with van der Waals surface area (Å²) >= 11 is 0. The van der Waals surface area contributed by atoms with E-state index in [0.29, 0.717) is 22.8 Å². The van der Waals surface area contributed by atoms with Crippen LogP contribution in [0.25, 0.3) is 28.2 Å². The summed E-state index contributed by atoms with van der Waals surface area (Å²) in [5, 5.41) is 23.2. The number of furan rings is 1. The molecule has 2 N–H and O–H groups in total. The molecule has 1 amide bonds. The molecule has 0 saturated heterocycles. The molecule has 0 atom stereocenters. The van der Waals surface area contributed by atoms with E-state index in [-0.39, 0.29) is 11.1 Å². The third-order valence-electron chi connectivity index (χ3n) is 4.70. The number of carboxylic acid groups (broad SMARTS) is 1. The lowest BCUT2D eigenvalue weighted by atomic mass is 10.1. The second-order valence-corrected chi connectivity index (χ2v) is 6.77. The van der Waals surface area contributed by atoms with Gasteiger partial charge in [-0.25, -0.2) is 4.79 Å². The van der Waals surface area contributed by atoms with Crippen molar-refractivity contribution in [2.75, 3.05) is 5.32 Å². The number of nitrogens with zero attached hydrogens (tertiary/aromatic N) is 1. The van der Waals surface area contributed by atoms with E-state index in [4.69, 9.17) is 9.52 Å². The average Bonchev–Trinajstić information content (AvgIpc) is 3.26. The monoisotopic (exact) mass is 408 g/mol. The number of carbonyl (C=O) groups is 2. The van der Waals surface area contributed by atoms with Crippen LogP contribution in [0.3, 0.4) is 0 Å². The molecule has 0 bridgehead atoms. The molecule has 6 nitrogen and oxygen atoms in total. The van der Waals surface area contributed by atoms with Crippen LogP contribution in [0.15, 0.2) is 88.9 Å². The van der Waals surface area contributed by atoms with Gasteiger partial charge in [0.2, 0.25) is 0 Å². The van der Waals surface area contributed by atoms with Gasteiger partial charge in [-0.1, -0.05) is 42.5 Å². The number of carbonyl (C=O) groups excluding carboxylic acids is 1. The zero-order chi connectivity index (χ0) is 21.8. The summed E-state index contributed by atoms with van der Waals surface area (Å²) in [5.41, 5.74) is 1.34. The Labute approximate surface area is 177 Å². The molecule has 1 aromatic heterocycles. The van der Waals surface area contributed by atoms with Gasteiger partial charge < -0.3 is 14.8 Å². The van der Waals surface area contributed by atoms with Crippen molar-refractivity contribution in [1.82, 2.24) is 0 Å². The zero-order valence-electron chi connectivity index (χ0n) is 16.2. The van der Waals surface area contributed by atoms with Gasteiger partial charge in [0, 0.05) is 17.3 Å². The Morgan fingerprint density at radius 3 is 2.39 bits per heavy atom. The summed E-state index contributed by atoms with van der Waals surface area (Å²) < 4.78 is 5.71. The van der Waals surface area contributed by atoms with E-state index in [2.05, 4.69) is 5.32 Å². The zero-order valence-corrected chi connectivity index (χ0v) is 16.2. The van der Waals surface area contributed by atoms with E-state index >= 15 is 0 Å². The quantitative estimate of drug-likeness (QED) is 0.342. The molecule has 0 unspecified atom stereocenters. The molecule has 0 saturated carbocycles. The average molecular weight is 408 g/mol. The number of hydrogen-bond acceptors (Lipinski definition) is 4. The second-order valence-electron chi connectivity index (χ2n) is 6.77. The van der Waals surface area contributed by atoms with Crippen LogP contribution < -0.4 is 5.32 Å².